The van der Waals surface area contributed by atoms with Crippen LogP contribution < -0.4 is 16.6 Å². The predicted molar refractivity (Wildman–Crippen MR) is 92.0 cm³/mol. The normalized spacial score (nSPS) is 10.9. The van der Waals surface area contributed by atoms with Gasteiger partial charge in [0.25, 0.3) is 11.5 Å². The fourth-order valence-corrected chi connectivity index (χ4v) is 2.28. The minimum absolute atomic E-state index is 0.158. The third kappa shape index (κ3) is 3.73. The van der Waals surface area contributed by atoms with Crippen molar-refractivity contribution in [1.82, 2.24) is 19.7 Å². The van der Waals surface area contributed by atoms with Crippen LogP contribution in [0.25, 0.3) is 5.69 Å². The maximum atomic E-state index is 12.6. The van der Waals surface area contributed by atoms with E-state index in [1.807, 2.05) is 6.92 Å². The topological polar surface area (TPSA) is 86.0 Å². The molecule has 8 heteroatoms. The molecule has 0 unspecified atom stereocenters. The van der Waals surface area contributed by atoms with Crippen molar-refractivity contribution >= 4 is 17.5 Å². The molecule has 1 heterocycles. The second-order valence-corrected chi connectivity index (χ2v) is 6.04. The lowest BCUT2D eigenvalue weighted by atomic mass is 10.3. The molecule has 0 bridgehead atoms. The Morgan fingerprint density at radius 1 is 1.25 bits per heavy atom. The molecule has 7 nitrogen and oxygen atoms in total. The van der Waals surface area contributed by atoms with Gasteiger partial charge in [-0.05, 0) is 44.5 Å². The average Bonchev–Trinajstić information content (AvgIpc) is 2.52. The zero-order chi connectivity index (χ0) is 17.9. The Morgan fingerprint density at radius 3 is 2.42 bits per heavy atom. The van der Waals surface area contributed by atoms with E-state index in [2.05, 4.69) is 10.4 Å². The molecule has 0 fully saturated rings. The molecule has 2 aromatic rings. The van der Waals surface area contributed by atoms with Crippen LogP contribution in [-0.2, 0) is 6.54 Å². The van der Waals surface area contributed by atoms with Gasteiger partial charge >= 0.3 is 5.69 Å². The summed E-state index contributed by atoms with van der Waals surface area (Å²) >= 11 is 5.86. The van der Waals surface area contributed by atoms with Crippen molar-refractivity contribution in [3.63, 3.8) is 0 Å². The van der Waals surface area contributed by atoms with E-state index < -0.39 is 17.2 Å². The molecule has 1 N–H and O–H groups in total. The van der Waals surface area contributed by atoms with E-state index in [4.69, 9.17) is 11.6 Å². The standard InChI is InChI=1S/C16H19ClN4O3/c1-4-9-20-15(23)13(14(22)18-10(2)3)19-21(16(20)24)12-7-5-11(17)6-8-12/h5-8,10H,4,9H2,1-3H3,(H,18,22). The zero-order valence-electron chi connectivity index (χ0n) is 13.7. The van der Waals surface area contributed by atoms with E-state index in [0.717, 1.165) is 9.25 Å². The van der Waals surface area contributed by atoms with E-state index in [1.54, 1.807) is 38.1 Å². The minimum Gasteiger partial charge on any atom is -0.348 e. The smallest absolute Gasteiger partial charge is 0.348 e. The maximum Gasteiger partial charge on any atom is 0.352 e. The number of amides is 1. The highest BCUT2D eigenvalue weighted by Crippen LogP contribution is 2.11. The molecule has 0 aliphatic carbocycles. The van der Waals surface area contributed by atoms with Gasteiger partial charge < -0.3 is 5.32 Å². The first kappa shape index (κ1) is 17.9. The van der Waals surface area contributed by atoms with Gasteiger partial charge in [0.1, 0.15) is 0 Å². The summed E-state index contributed by atoms with van der Waals surface area (Å²) in [6.45, 7) is 5.60. The van der Waals surface area contributed by atoms with Crippen LogP contribution in [0.2, 0.25) is 5.02 Å². The number of nitrogens with one attached hydrogen (secondary N) is 1. The van der Waals surface area contributed by atoms with Crippen molar-refractivity contribution in [1.29, 1.82) is 0 Å². The Morgan fingerprint density at radius 2 is 1.88 bits per heavy atom. The molecule has 0 atom stereocenters. The Hall–Kier alpha value is -2.41. The molecule has 1 aromatic carbocycles. The number of carbonyl (C=O) groups is 1. The quantitative estimate of drug-likeness (QED) is 0.887. The van der Waals surface area contributed by atoms with Crippen molar-refractivity contribution in [3.8, 4) is 5.69 Å². The summed E-state index contributed by atoms with van der Waals surface area (Å²) in [4.78, 5) is 37.3. The van der Waals surface area contributed by atoms with Crippen molar-refractivity contribution in [2.45, 2.75) is 39.8 Å². The van der Waals surface area contributed by atoms with Crippen LogP contribution in [0.4, 0.5) is 0 Å². The summed E-state index contributed by atoms with van der Waals surface area (Å²) in [5.41, 5.74) is -1.17. The lowest BCUT2D eigenvalue weighted by Gasteiger charge is -2.12. The largest absolute Gasteiger partial charge is 0.352 e. The number of benzene rings is 1. The minimum atomic E-state index is -0.690. The van der Waals surface area contributed by atoms with Crippen molar-refractivity contribution in [2.75, 3.05) is 0 Å². The van der Waals surface area contributed by atoms with E-state index in [0.29, 0.717) is 17.1 Å². The third-order valence-electron chi connectivity index (χ3n) is 3.21. The maximum absolute atomic E-state index is 12.6. The summed E-state index contributed by atoms with van der Waals surface area (Å²) in [7, 11) is 0. The molecule has 1 amide bonds. The highest BCUT2D eigenvalue weighted by atomic mass is 35.5. The zero-order valence-corrected chi connectivity index (χ0v) is 14.5. The molecule has 2 rings (SSSR count). The molecule has 128 valence electrons. The second-order valence-electron chi connectivity index (χ2n) is 5.60. The first-order valence-electron chi connectivity index (χ1n) is 7.66. The highest BCUT2D eigenvalue weighted by molar-refractivity contribution is 6.30. The van der Waals surface area contributed by atoms with E-state index >= 15 is 0 Å². The summed E-state index contributed by atoms with van der Waals surface area (Å²) in [6, 6.07) is 6.25. The molecule has 24 heavy (non-hydrogen) atoms. The average molecular weight is 351 g/mol. The van der Waals surface area contributed by atoms with Gasteiger partial charge in [-0.25, -0.2) is 4.79 Å². The summed E-state index contributed by atoms with van der Waals surface area (Å²) < 4.78 is 2.07. The van der Waals surface area contributed by atoms with Gasteiger partial charge in [-0.3, -0.25) is 14.2 Å². The van der Waals surface area contributed by atoms with Gasteiger partial charge in [-0.15, -0.1) is 0 Å². The summed E-state index contributed by atoms with van der Waals surface area (Å²) in [6.07, 6.45) is 0.574. The highest BCUT2D eigenvalue weighted by Gasteiger charge is 2.20. The van der Waals surface area contributed by atoms with Gasteiger partial charge in [-0.1, -0.05) is 18.5 Å². The van der Waals surface area contributed by atoms with Crippen molar-refractivity contribution in [2.24, 2.45) is 0 Å². The third-order valence-corrected chi connectivity index (χ3v) is 3.47. The number of carbonyl (C=O) groups excluding carboxylic acids is 1. The number of nitrogens with zero attached hydrogens (tertiary/aromatic N) is 3. The molecule has 0 aliphatic rings. The molecular weight excluding hydrogens is 332 g/mol. The molecule has 0 radical (unpaired) electrons. The SMILES string of the molecule is CCCn1c(=O)c(C(=O)NC(C)C)nn(-c2ccc(Cl)cc2)c1=O. The van der Waals surface area contributed by atoms with Gasteiger partial charge in [0.2, 0.25) is 5.69 Å². The lowest BCUT2D eigenvalue weighted by Crippen LogP contribution is -2.46. The Labute approximate surface area is 143 Å². The predicted octanol–water partition coefficient (Wildman–Crippen LogP) is 1.60. The van der Waals surface area contributed by atoms with E-state index in [1.165, 1.54) is 0 Å². The van der Waals surface area contributed by atoms with Gasteiger partial charge in [0.15, 0.2) is 0 Å². The Kier molecular flexibility index (Phi) is 5.56. The van der Waals surface area contributed by atoms with Crippen LogP contribution in [0.5, 0.6) is 0 Å². The number of hydrogen-bond acceptors (Lipinski definition) is 4. The number of rotatable bonds is 5. The van der Waals surface area contributed by atoms with E-state index in [-0.39, 0.29) is 18.3 Å². The fraction of sp³-hybridized carbons (Fsp3) is 0.375. The van der Waals surface area contributed by atoms with Crippen molar-refractivity contribution in [3.05, 3.63) is 55.8 Å². The number of hydrogen-bond donors (Lipinski definition) is 1. The summed E-state index contributed by atoms with van der Waals surface area (Å²) in [5.74, 6) is -0.609. The molecular formula is C16H19ClN4O3. The van der Waals surface area contributed by atoms with Gasteiger partial charge in [0, 0.05) is 17.6 Å². The lowest BCUT2D eigenvalue weighted by molar-refractivity contribution is 0.0933. The van der Waals surface area contributed by atoms with E-state index in [9.17, 15) is 14.4 Å². The van der Waals surface area contributed by atoms with Crippen LogP contribution in [0, 0.1) is 0 Å². The number of aromatic nitrogens is 3. The van der Waals surface area contributed by atoms with Crippen LogP contribution in [-0.4, -0.2) is 26.3 Å². The van der Waals surface area contributed by atoms with Gasteiger partial charge in [-0.2, -0.15) is 9.78 Å². The van der Waals surface area contributed by atoms with Gasteiger partial charge in [0.05, 0.1) is 5.69 Å². The van der Waals surface area contributed by atoms with Crippen LogP contribution in [0.3, 0.4) is 0 Å². The first-order chi connectivity index (χ1) is 11.3. The Balaban J connectivity index is 2.69. The molecule has 0 spiro atoms. The van der Waals surface area contributed by atoms with Crippen LogP contribution >= 0.6 is 11.6 Å². The Bertz CT molecular complexity index is 853. The van der Waals surface area contributed by atoms with Crippen LogP contribution in [0.1, 0.15) is 37.7 Å². The fourth-order valence-electron chi connectivity index (χ4n) is 2.16. The molecule has 0 saturated heterocycles. The molecule has 0 aliphatic heterocycles. The monoisotopic (exact) mass is 350 g/mol. The first-order valence-corrected chi connectivity index (χ1v) is 8.04. The summed E-state index contributed by atoms with van der Waals surface area (Å²) in [5, 5.41) is 7.11. The van der Waals surface area contributed by atoms with Crippen molar-refractivity contribution < 1.29 is 4.79 Å². The number of halogens is 1. The molecule has 0 saturated carbocycles. The second kappa shape index (κ2) is 7.44. The molecule has 1 aromatic heterocycles. The van der Waals surface area contributed by atoms with Crippen LogP contribution in [0.15, 0.2) is 33.9 Å².